The molecular formula is C10H7N2O2-. The fraction of sp³-hybridized carbons (Fsp3) is 0. The Morgan fingerprint density at radius 1 is 1.36 bits per heavy atom. The number of rotatable bonds is 0. The first-order valence-electron chi connectivity index (χ1n) is 4.08. The largest absolute Gasteiger partial charge is 0.529 e. The van der Waals surface area contributed by atoms with Gasteiger partial charge in [0, 0.05) is 24.2 Å². The van der Waals surface area contributed by atoms with E-state index < -0.39 is 6.09 Å². The first-order chi connectivity index (χ1) is 6.79. The maximum absolute atomic E-state index is 10.8. The number of amides is 1. The van der Waals surface area contributed by atoms with Gasteiger partial charge >= 0.3 is 0 Å². The molecule has 0 spiro atoms. The van der Waals surface area contributed by atoms with E-state index in [9.17, 15) is 9.90 Å². The van der Waals surface area contributed by atoms with Gasteiger partial charge in [-0.05, 0) is 6.07 Å². The zero-order valence-electron chi connectivity index (χ0n) is 7.25. The average molecular weight is 187 g/mol. The Labute approximate surface area is 80.8 Å². The van der Waals surface area contributed by atoms with Crippen LogP contribution in [0.15, 0.2) is 41.7 Å². The van der Waals surface area contributed by atoms with Crippen molar-refractivity contribution in [2.75, 3.05) is 4.90 Å². The normalized spacial score (nSPS) is 13.6. The SMILES string of the molecule is O=C([O-])N1C=CN=Cc2ccccc21. The molecule has 1 aromatic rings. The predicted octanol–water partition coefficient (Wildman–Crippen LogP) is 0.740. The molecule has 14 heavy (non-hydrogen) atoms. The van der Waals surface area contributed by atoms with Crippen LogP contribution >= 0.6 is 0 Å². The summed E-state index contributed by atoms with van der Waals surface area (Å²) in [5, 5.41) is 10.8. The fourth-order valence-corrected chi connectivity index (χ4v) is 1.28. The van der Waals surface area contributed by atoms with E-state index in [0.29, 0.717) is 5.69 Å². The number of fused-ring (bicyclic) bond motifs is 1. The van der Waals surface area contributed by atoms with Gasteiger partial charge in [0.25, 0.3) is 0 Å². The van der Waals surface area contributed by atoms with Gasteiger partial charge in [-0.25, -0.2) is 0 Å². The standard InChI is InChI=1S/C10H8N2O2/c13-10(14)12-6-5-11-7-8-3-1-2-4-9(8)12/h1-7H,(H,13,14)/p-1. The minimum absolute atomic E-state index is 0.560. The number of carbonyl (C=O) groups excluding carboxylic acids is 1. The Balaban J connectivity index is 2.55. The zero-order valence-corrected chi connectivity index (χ0v) is 7.25. The number of para-hydroxylation sites is 1. The molecule has 1 amide bonds. The summed E-state index contributed by atoms with van der Waals surface area (Å²) >= 11 is 0. The molecule has 0 bridgehead atoms. The average Bonchev–Trinajstić information content (AvgIpc) is 2.39. The van der Waals surface area contributed by atoms with E-state index in [0.717, 1.165) is 10.5 Å². The van der Waals surface area contributed by atoms with Crippen LogP contribution in [0.4, 0.5) is 10.5 Å². The quantitative estimate of drug-likeness (QED) is 0.601. The van der Waals surface area contributed by atoms with E-state index in [2.05, 4.69) is 4.99 Å². The summed E-state index contributed by atoms with van der Waals surface area (Å²) < 4.78 is 0. The van der Waals surface area contributed by atoms with E-state index >= 15 is 0 Å². The van der Waals surface area contributed by atoms with Crippen LogP contribution in [0.3, 0.4) is 0 Å². The third-order valence-corrected chi connectivity index (χ3v) is 1.91. The van der Waals surface area contributed by atoms with Crippen molar-refractivity contribution in [3.8, 4) is 0 Å². The van der Waals surface area contributed by atoms with Gasteiger partial charge < -0.3 is 14.8 Å². The Hall–Kier alpha value is -2.10. The Morgan fingerprint density at radius 3 is 2.93 bits per heavy atom. The molecule has 0 saturated heterocycles. The van der Waals surface area contributed by atoms with E-state index in [4.69, 9.17) is 0 Å². The van der Waals surface area contributed by atoms with Crippen LogP contribution < -0.4 is 10.0 Å². The Kier molecular flexibility index (Phi) is 2.02. The van der Waals surface area contributed by atoms with Crippen molar-refractivity contribution in [2.45, 2.75) is 0 Å². The third kappa shape index (κ3) is 1.37. The number of hydrogen-bond acceptors (Lipinski definition) is 3. The van der Waals surface area contributed by atoms with Crippen LogP contribution in [0.1, 0.15) is 5.56 Å². The summed E-state index contributed by atoms with van der Waals surface area (Å²) in [6.07, 6.45) is 3.11. The molecule has 1 aliphatic rings. The molecular weight excluding hydrogens is 180 g/mol. The summed E-state index contributed by atoms with van der Waals surface area (Å²) in [7, 11) is 0. The van der Waals surface area contributed by atoms with Crippen molar-refractivity contribution >= 4 is 18.0 Å². The Morgan fingerprint density at radius 2 is 2.14 bits per heavy atom. The minimum atomic E-state index is -1.26. The van der Waals surface area contributed by atoms with E-state index in [1.165, 1.54) is 12.4 Å². The smallest absolute Gasteiger partial charge is 0.146 e. The summed E-state index contributed by atoms with van der Waals surface area (Å²) in [5.41, 5.74) is 1.31. The van der Waals surface area contributed by atoms with E-state index in [1.54, 1.807) is 24.4 Å². The number of benzene rings is 1. The van der Waals surface area contributed by atoms with Gasteiger partial charge in [-0.3, -0.25) is 4.99 Å². The van der Waals surface area contributed by atoms with E-state index in [-0.39, 0.29) is 0 Å². The van der Waals surface area contributed by atoms with Crippen molar-refractivity contribution < 1.29 is 9.90 Å². The number of carboxylic acid groups (broad SMARTS) is 1. The Bertz CT molecular complexity index is 424. The lowest BCUT2D eigenvalue weighted by molar-refractivity contribution is -0.245. The van der Waals surface area contributed by atoms with E-state index in [1.807, 2.05) is 6.07 Å². The molecule has 0 aromatic heterocycles. The lowest BCUT2D eigenvalue weighted by Crippen LogP contribution is -2.37. The number of carbonyl (C=O) groups is 1. The minimum Gasteiger partial charge on any atom is -0.529 e. The fourth-order valence-electron chi connectivity index (χ4n) is 1.28. The highest BCUT2D eigenvalue weighted by Crippen LogP contribution is 2.20. The molecule has 0 aliphatic carbocycles. The van der Waals surface area contributed by atoms with Gasteiger partial charge in [0.05, 0.1) is 5.69 Å². The van der Waals surface area contributed by atoms with Crippen molar-refractivity contribution in [3.63, 3.8) is 0 Å². The van der Waals surface area contributed by atoms with Crippen molar-refractivity contribution in [1.29, 1.82) is 0 Å². The molecule has 0 unspecified atom stereocenters. The molecule has 1 heterocycles. The molecule has 0 saturated carbocycles. The number of nitrogens with zero attached hydrogens (tertiary/aromatic N) is 2. The zero-order chi connectivity index (χ0) is 9.97. The van der Waals surface area contributed by atoms with Crippen LogP contribution in [0, 0.1) is 0 Å². The summed E-state index contributed by atoms with van der Waals surface area (Å²) in [5.74, 6) is 0. The first kappa shape index (κ1) is 8.50. The maximum atomic E-state index is 10.8. The monoisotopic (exact) mass is 187 g/mol. The van der Waals surface area contributed by atoms with Crippen LogP contribution in [0.5, 0.6) is 0 Å². The maximum Gasteiger partial charge on any atom is 0.146 e. The van der Waals surface area contributed by atoms with Gasteiger partial charge in [0.2, 0.25) is 0 Å². The van der Waals surface area contributed by atoms with Crippen LogP contribution in [0.2, 0.25) is 0 Å². The second kappa shape index (κ2) is 3.33. The van der Waals surface area contributed by atoms with Crippen LogP contribution in [-0.2, 0) is 0 Å². The van der Waals surface area contributed by atoms with Crippen LogP contribution in [-0.4, -0.2) is 12.3 Å². The van der Waals surface area contributed by atoms with Gasteiger partial charge in [-0.2, -0.15) is 0 Å². The predicted molar refractivity (Wildman–Crippen MR) is 51.1 cm³/mol. The van der Waals surface area contributed by atoms with Crippen LogP contribution in [0.25, 0.3) is 0 Å². The second-order valence-corrected chi connectivity index (χ2v) is 2.77. The molecule has 0 N–H and O–H groups in total. The number of hydrogen-bond donors (Lipinski definition) is 0. The summed E-state index contributed by atoms with van der Waals surface area (Å²) in [6, 6.07) is 7.08. The van der Waals surface area contributed by atoms with Gasteiger partial charge in [-0.15, -0.1) is 0 Å². The van der Waals surface area contributed by atoms with Gasteiger partial charge in [0.1, 0.15) is 6.09 Å². The topological polar surface area (TPSA) is 55.7 Å². The van der Waals surface area contributed by atoms with Crippen molar-refractivity contribution in [1.82, 2.24) is 0 Å². The number of aliphatic imine (C=N–C) groups is 1. The molecule has 0 atom stereocenters. The van der Waals surface area contributed by atoms with Gasteiger partial charge in [0.15, 0.2) is 0 Å². The molecule has 2 rings (SSSR count). The second-order valence-electron chi connectivity index (χ2n) is 2.77. The molecule has 4 heteroatoms. The molecule has 1 aliphatic heterocycles. The number of anilines is 1. The van der Waals surface area contributed by atoms with Crippen molar-refractivity contribution in [2.24, 2.45) is 4.99 Å². The lowest BCUT2D eigenvalue weighted by atomic mass is 10.2. The highest BCUT2D eigenvalue weighted by Gasteiger charge is 2.09. The third-order valence-electron chi connectivity index (χ3n) is 1.91. The highest BCUT2D eigenvalue weighted by molar-refractivity contribution is 5.97. The molecule has 70 valence electrons. The first-order valence-corrected chi connectivity index (χ1v) is 4.08. The molecule has 0 radical (unpaired) electrons. The van der Waals surface area contributed by atoms with Crippen molar-refractivity contribution in [3.05, 3.63) is 42.2 Å². The van der Waals surface area contributed by atoms with Gasteiger partial charge in [-0.1, -0.05) is 18.2 Å². The molecule has 4 nitrogen and oxygen atoms in total. The summed E-state index contributed by atoms with van der Waals surface area (Å²) in [4.78, 5) is 15.7. The highest BCUT2D eigenvalue weighted by atomic mass is 16.4. The molecule has 1 aromatic carbocycles. The molecule has 0 fully saturated rings. The summed E-state index contributed by atoms with van der Waals surface area (Å²) in [6.45, 7) is 0. The lowest BCUT2D eigenvalue weighted by Gasteiger charge is -2.21.